The minimum atomic E-state index is -0.305. The highest BCUT2D eigenvalue weighted by molar-refractivity contribution is 7.11. The normalized spacial score (nSPS) is 23.1. The molecule has 110 valence electrons. The van der Waals surface area contributed by atoms with E-state index in [1.807, 2.05) is 6.92 Å². The molecule has 0 radical (unpaired) electrons. The molecule has 1 amide bonds. The first-order valence-electron chi connectivity index (χ1n) is 7.23. The molecule has 1 unspecified atom stereocenters. The molecule has 2 aliphatic rings. The fraction of sp³-hybridized carbons (Fsp3) is 0.714. The van der Waals surface area contributed by atoms with E-state index >= 15 is 0 Å². The largest absolute Gasteiger partial charge is 0.446 e. The second-order valence-electron chi connectivity index (χ2n) is 5.35. The van der Waals surface area contributed by atoms with Crippen LogP contribution in [-0.4, -0.2) is 30.4 Å². The van der Waals surface area contributed by atoms with Crippen LogP contribution in [0.1, 0.15) is 47.3 Å². The van der Waals surface area contributed by atoms with Gasteiger partial charge in [-0.25, -0.2) is 9.78 Å². The maximum absolute atomic E-state index is 12.0. The monoisotopic (exact) mass is 296 g/mol. The van der Waals surface area contributed by atoms with Crippen LogP contribution in [0.3, 0.4) is 0 Å². The number of aromatic nitrogens is 1. The number of hydrogen-bond donors (Lipinski definition) is 1. The number of alkyl carbamates (subject to hydrolysis) is 1. The lowest BCUT2D eigenvalue weighted by molar-refractivity contribution is 0.000656. The number of rotatable bonds is 2. The van der Waals surface area contributed by atoms with Crippen molar-refractivity contribution in [3.63, 3.8) is 0 Å². The van der Waals surface area contributed by atoms with Crippen LogP contribution in [0, 0.1) is 6.92 Å². The molecule has 6 heteroatoms. The molecule has 1 fully saturated rings. The van der Waals surface area contributed by atoms with Crippen LogP contribution in [0.25, 0.3) is 0 Å². The van der Waals surface area contributed by atoms with Crippen molar-refractivity contribution in [3.8, 4) is 0 Å². The van der Waals surface area contributed by atoms with Crippen LogP contribution in [0.5, 0.6) is 0 Å². The van der Waals surface area contributed by atoms with Gasteiger partial charge in [-0.3, -0.25) is 0 Å². The van der Waals surface area contributed by atoms with Gasteiger partial charge in [0.2, 0.25) is 0 Å². The SMILES string of the molecule is Cc1nc2c(s1)C(NC(=O)OC1CCOCC1)CCC2. The Labute approximate surface area is 122 Å². The second-order valence-corrected chi connectivity index (χ2v) is 6.58. The lowest BCUT2D eigenvalue weighted by atomic mass is 9.98. The number of fused-ring (bicyclic) bond motifs is 1. The van der Waals surface area contributed by atoms with Gasteiger partial charge in [-0.2, -0.15) is 0 Å². The van der Waals surface area contributed by atoms with E-state index in [4.69, 9.17) is 9.47 Å². The molecule has 1 saturated heterocycles. The number of aryl methyl sites for hydroxylation is 2. The molecular weight excluding hydrogens is 276 g/mol. The molecule has 1 aromatic heterocycles. The van der Waals surface area contributed by atoms with Crippen LogP contribution < -0.4 is 5.32 Å². The van der Waals surface area contributed by atoms with Crippen molar-refractivity contribution < 1.29 is 14.3 Å². The van der Waals surface area contributed by atoms with E-state index in [1.165, 1.54) is 4.88 Å². The number of nitrogens with zero attached hydrogens (tertiary/aromatic N) is 1. The summed E-state index contributed by atoms with van der Waals surface area (Å²) < 4.78 is 10.7. The molecule has 0 bridgehead atoms. The van der Waals surface area contributed by atoms with E-state index in [-0.39, 0.29) is 18.2 Å². The van der Waals surface area contributed by atoms with Gasteiger partial charge in [0, 0.05) is 12.8 Å². The number of ether oxygens (including phenoxy) is 2. The Hall–Kier alpha value is -1.14. The van der Waals surface area contributed by atoms with Gasteiger partial charge >= 0.3 is 6.09 Å². The van der Waals surface area contributed by atoms with Gasteiger partial charge in [-0.15, -0.1) is 11.3 Å². The highest BCUT2D eigenvalue weighted by atomic mass is 32.1. The summed E-state index contributed by atoms with van der Waals surface area (Å²) in [6, 6.07) is 0.0669. The van der Waals surface area contributed by atoms with Crippen molar-refractivity contribution in [2.24, 2.45) is 0 Å². The number of thiazole rings is 1. The third kappa shape index (κ3) is 3.12. The van der Waals surface area contributed by atoms with Crippen molar-refractivity contribution >= 4 is 17.4 Å². The van der Waals surface area contributed by atoms with E-state index < -0.39 is 0 Å². The first-order chi connectivity index (χ1) is 9.72. The fourth-order valence-electron chi connectivity index (χ4n) is 2.80. The maximum atomic E-state index is 12.0. The van der Waals surface area contributed by atoms with Crippen LogP contribution in [0.15, 0.2) is 0 Å². The van der Waals surface area contributed by atoms with Gasteiger partial charge in [0.25, 0.3) is 0 Å². The second kappa shape index (κ2) is 6.10. The summed E-state index contributed by atoms with van der Waals surface area (Å²) in [5.41, 5.74) is 1.15. The summed E-state index contributed by atoms with van der Waals surface area (Å²) in [5.74, 6) is 0. The zero-order valence-corrected chi connectivity index (χ0v) is 12.5. The number of carbonyl (C=O) groups excluding carboxylic acids is 1. The summed E-state index contributed by atoms with van der Waals surface area (Å²) in [6.07, 6.45) is 4.34. The van der Waals surface area contributed by atoms with E-state index in [2.05, 4.69) is 10.3 Å². The zero-order valence-electron chi connectivity index (χ0n) is 11.7. The summed E-state index contributed by atoms with van der Waals surface area (Å²) in [7, 11) is 0. The van der Waals surface area contributed by atoms with E-state index in [9.17, 15) is 4.79 Å². The molecule has 0 spiro atoms. The molecule has 2 heterocycles. The first kappa shape index (κ1) is 13.8. The molecule has 1 N–H and O–H groups in total. The zero-order chi connectivity index (χ0) is 13.9. The Bertz CT molecular complexity index is 483. The van der Waals surface area contributed by atoms with Crippen LogP contribution >= 0.6 is 11.3 Å². The van der Waals surface area contributed by atoms with Crippen molar-refractivity contribution in [3.05, 3.63) is 15.6 Å². The van der Waals surface area contributed by atoms with Crippen molar-refractivity contribution in [1.29, 1.82) is 0 Å². The topological polar surface area (TPSA) is 60.5 Å². The number of hydrogen-bond acceptors (Lipinski definition) is 5. The van der Waals surface area contributed by atoms with Gasteiger partial charge in [0.05, 0.1) is 34.8 Å². The summed E-state index contributed by atoms with van der Waals surface area (Å²) in [4.78, 5) is 17.7. The molecule has 3 rings (SSSR count). The van der Waals surface area contributed by atoms with Gasteiger partial charge in [-0.05, 0) is 26.2 Å². The summed E-state index contributed by atoms with van der Waals surface area (Å²) in [5, 5.41) is 4.07. The molecular formula is C14H20N2O3S. The molecule has 5 nitrogen and oxygen atoms in total. The average molecular weight is 296 g/mol. The molecule has 1 aromatic rings. The lowest BCUT2D eigenvalue weighted by Crippen LogP contribution is -2.35. The predicted octanol–water partition coefficient (Wildman–Crippen LogP) is 2.73. The minimum Gasteiger partial charge on any atom is -0.446 e. The number of nitrogens with one attached hydrogen (secondary N) is 1. The van der Waals surface area contributed by atoms with E-state index in [0.29, 0.717) is 13.2 Å². The lowest BCUT2D eigenvalue weighted by Gasteiger charge is -2.25. The Morgan fingerprint density at radius 2 is 2.20 bits per heavy atom. The Kier molecular flexibility index (Phi) is 4.21. The predicted molar refractivity (Wildman–Crippen MR) is 76.0 cm³/mol. The number of amides is 1. The molecule has 0 aromatic carbocycles. The highest BCUT2D eigenvalue weighted by Gasteiger charge is 2.27. The summed E-state index contributed by atoms with van der Waals surface area (Å²) in [6.45, 7) is 3.37. The highest BCUT2D eigenvalue weighted by Crippen LogP contribution is 2.34. The molecule has 1 atom stereocenters. The van der Waals surface area contributed by atoms with Gasteiger partial charge in [0.1, 0.15) is 6.10 Å². The van der Waals surface area contributed by atoms with Crippen molar-refractivity contribution in [1.82, 2.24) is 10.3 Å². The number of carbonyl (C=O) groups is 1. The maximum Gasteiger partial charge on any atom is 0.407 e. The smallest absolute Gasteiger partial charge is 0.407 e. The molecule has 0 saturated carbocycles. The van der Waals surface area contributed by atoms with E-state index in [1.54, 1.807) is 11.3 Å². The summed E-state index contributed by atoms with van der Waals surface area (Å²) >= 11 is 1.68. The van der Waals surface area contributed by atoms with E-state index in [0.717, 1.165) is 42.8 Å². The van der Waals surface area contributed by atoms with Crippen LogP contribution in [0.4, 0.5) is 4.79 Å². The first-order valence-corrected chi connectivity index (χ1v) is 8.05. The third-order valence-corrected chi connectivity index (χ3v) is 4.92. The Morgan fingerprint density at radius 3 is 3.00 bits per heavy atom. The van der Waals surface area contributed by atoms with Crippen molar-refractivity contribution in [2.45, 2.75) is 51.2 Å². The van der Waals surface area contributed by atoms with Gasteiger partial charge < -0.3 is 14.8 Å². The van der Waals surface area contributed by atoms with Crippen LogP contribution in [-0.2, 0) is 15.9 Å². The quantitative estimate of drug-likeness (QED) is 0.911. The standard InChI is InChI=1S/C14H20N2O3S/c1-9-15-11-3-2-4-12(13(11)20-9)16-14(17)19-10-5-7-18-8-6-10/h10,12H,2-8H2,1H3,(H,16,17). The Balaban J connectivity index is 1.59. The molecule has 20 heavy (non-hydrogen) atoms. The van der Waals surface area contributed by atoms with Gasteiger partial charge in [-0.1, -0.05) is 0 Å². The third-order valence-electron chi connectivity index (χ3n) is 3.79. The van der Waals surface area contributed by atoms with Crippen molar-refractivity contribution in [2.75, 3.05) is 13.2 Å². The molecule has 1 aliphatic heterocycles. The molecule has 1 aliphatic carbocycles. The Morgan fingerprint density at radius 1 is 1.40 bits per heavy atom. The van der Waals surface area contributed by atoms with Gasteiger partial charge in [0.15, 0.2) is 0 Å². The average Bonchev–Trinajstić information content (AvgIpc) is 2.81. The fourth-order valence-corrected chi connectivity index (χ4v) is 3.86. The van der Waals surface area contributed by atoms with Crippen LogP contribution in [0.2, 0.25) is 0 Å². The minimum absolute atomic E-state index is 0.00462.